The molecule has 0 spiro atoms. The van der Waals surface area contributed by atoms with Crippen LogP contribution >= 0.6 is 10.3 Å². The van der Waals surface area contributed by atoms with E-state index in [-0.39, 0.29) is 22.9 Å². The maximum absolute atomic E-state index is 6.48. The van der Waals surface area contributed by atoms with Gasteiger partial charge in [0, 0.05) is 24.0 Å². The van der Waals surface area contributed by atoms with Crippen molar-refractivity contribution in [3.05, 3.63) is 102 Å². The van der Waals surface area contributed by atoms with Crippen molar-refractivity contribution in [1.29, 1.82) is 0 Å². The Kier molecular flexibility index (Phi) is 23.1. The fourth-order valence-electron chi connectivity index (χ4n) is 4.70. The summed E-state index contributed by atoms with van der Waals surface area (Å²) in [6.07, 6.45) is 21.7. The van der Waals surface area contributed by atoms with Crippen molar-refractivity contribution < 1.29 is 23.1 Å². The first kappa shape index (κ1) is 47.7. The summed E-state index contributed by atoms with van der Waals surface area (Å²) in [4.78, 5) is 4.44. The van der Waals surface area contributed by atoms with Gasteiger partial charge in [0.1, 0.15) is 5.75 Å². The van der Waals surface area contributed by atoms with E-state index in [1.165, 1.54) is 25.7 Å². The highest BCUT2D eigenvalue weighted by molar-refractivity contribution is 8.30. The molecule has 0 aromatic heterocycles. The average Bonchev–Trinajstić information content (AvgIpc) is 3.11. The molecular formula is C46H71NO5S. The summed E-state index contributed by atoms with van der Waals surface area (Å²) in [5.74, 6) is 3.82. The van der Waals surface area contributed by atoms with Crippen molar-refractivity contribution in [2.24, 2.45) is 4.99 Å². The van der Waals surface area contributed by atoms with Crippen molar-refractivity contribution in [1.82, 2.24) is 0 Å². The third kappa shape index (κ3) is 19.6. The van der Waals surface area contributed by atoms with Gasteiger partial charge in [0.15, 0.2) is 0 Å². The molecule has 2 aromatic rings. The Morgan fingerprint density at radius 1 is 1.09 bits per heavy atom. The van der Waals surface area contributed by atoms with E-state index in [9.17, 15) is 0 Å². The minimum absolute atomic E-state index is 0.00188. The van der Waals surface area contributed by atoms with Crippen LogP contribution in [0.5, 0.6) is 5.75 Å². The SMILES string of the molecule is C#CC(C(=C)/C=C\N=C(C=C)O[C@H](C)CCOC[C@@H](C)OCc1ccccc1)c1cc(OS(C)(C)C(C)(C)C)ccc1C.CC1CCCCO1.CCC. The molecule has 0 N–H and O–H groups in total. The van der Waals surface area contributed by atoms with Gasteiger partial charge in [0.25, 0.3) is 0 Å². The lowest BCUT2D eigenvalue weighted by Gasteiger charge is -2.43. The minimum Gasteiger partial charge on any atom is -0.475 e. The molecule has 53 heavy (non-hydrogen) atoms. The largest absolute Gasteiger partial charge is 0.475 e. The highest BCUT2D eigenvalue weighted by atomic mass is 32.3. The lowest BCUT2D eigenvalue weighted by molar-refractivity contribution is -0.0197. The van der Waals surface area contributed by atoms with Gasteiger partial charge in [-0.25, -0.2) is 4.99 Å². The van der Waals surface area contributed by atoms with Gasteiger partial charge >= 0.3 is 0 Å². The Bertz CT molecular complexity index is 1430. The van der Waals surface area contributed by atoms with Gasteiger partial charge in [-0.1, -0.05) is 86.1 Å². The Labute approximate surface area is 326 Å². The van der Waals surface area contributed by atoms with Crippen LogP contribution in [0.4, 0.5) is 0 Å². The third-order valence-electron chi connectivity index (χ3n) is 8.67. The van der Waals surface area contributed by atoms with Crippen LogP contribution in [0.25, 0.3) is 0 Å². The first-order valence-electron chi connectivity index (χ1n) is 19.1. The summed E-state index contributed by atoms with van der Waals surface area (Å²) in [7, 11) is -1.34. The number of hydrogen-bond donors (Lipinski definition) is 0. The van der Waals surface area contributed by atoms with E-state index in [1.807, 2.05) is 57.2 Å². The van der Waals surface area contributed by atoms with Crippen LogP contribution in [0.1, 0.15) is 110 Å². The normalized spacial score (nSPS) is 16.8. The van der Waals surface area contributed by atoms with Crippen LogP contribution in [-0.4, -0.2) is 61.3 Å². The van der Waals surface area contributed by atoms with E-state index < -0.39 is 10.3 Å². The summed E-state index contributed by atoms with van der Waals surface area (Å²) in [5, 5.41) is 0. The zero-order valence-electron chi connectivity index (χ0n) is 34.9. The highest BCUT2D eigenvalue weighted by Crippen LogP contribution is 2.53. The molecule has 1 aliphatic heterocycles. The lowest BCUT2D eigenvalue weighted by Crippen LogP contribution is -2.27. The minimum atomic E-state index is -1.34. The second kappa shape index (κ2) is 25.7. The first-order valence-corrected chi connectivity index (χ1v) is 21.5. The van der Waals surface area contributed by atoms with E-state index in [0.717, 1.165) is 34.6 Å². The molecule has 6 nitrogen and oxygen atoms in total. The first-order chi connectivity index (χ1) is 25.1. The molecule has 4 atom stereocenters. The van der Waals surface area contributed by atoms with Crippen LogP contribution in [0.3, 0.4) is 0 Å². The van der Waals surface area contributed by atoms with Crippen LogP contribution < -0.4 is 4.18 Å². The van der Waals surface area contributed by atoms with Gasteiger partial charge in [-0.05, 0) is 127 Å². The fraction of sp³-hybridized carbons (Fsp3) is 0.543. The van der Waals surface area contributed by atoms with Crippen LogP contribution in [0.15, 0.2) is 90.6 Å². The van der Waals surface area contributed by atoms with Crippen LogP contribution in [0.2, 0.25) is 0 Å². The number of ether oxygens (including phenoxy) is 4. The number of aliphatic imine (C=N–C) groups is 1. The molecule has 2 unspecified atom stereocenters. The number of nitrogens with zero attached hydrogens (tertiary/aromatic N) is 1. The molecule has 0 aliphatic carbocycles. The molecule has 1 fully saturated rings. The van der Waals surface area contributed by atoms with E-state index in [2.05, 4.69) is 96.3 Å². The molecule has 0 radical (unpaired) electrons. The predicted octanol–water partition coefficient (Wildman–Crippen LogP) is 11.9. The number of benzene rings is 2. The zero-order valence-corrected chi connectivity index (χ0v) is 35.7. The summed E-state index contributed by atoms with van der Waals surface area (Å²) in [6, 6.07) is 16.2. The summed E-state index contributed by atoms with van der Waals surface area (Å²) < 4.78 is 29.4. The molecule has 1 aliphatic rings. The molecule has 1 heterocycles. The van der Waals surface area contributed by atoms with Gasteiger partial charge < -0.3 is 23.1 Å². The number of aryl methyl sites for hydroxylation is 1. The molecule has 0 saturated carbocycles. The maximum Gasteiger partial charge on any atom is 0.212 e. The number of allylic oxidation sites excluding steroid dienone is 2. The van der Waals surface area contributed by atoms with Crippen molar-refractivity contribution in [3.63, 3.8) is 0 Å². The van der Waals surface area contributed by atoms with E-state index in [0.29, 0.717) is 38.2 Å². The third-order valence-corrected chi connectivity index (χ3v) is 12.2. The Hall–Kier alpha value is -3.28. The van der Waals surface area contributed by atoms with Crippen LogP contribution in [0, 0.1) is 19.3 Å². The average molecular weight is 750 g/mol. The number of rotatable bonds is 16. The molecule has 0 amide bonds. The second-order valence-corrected chi connectivity index (χ2v) is 18.8. The smallest absolute Gasteiger partial charge is 0.212 e. The van der Waals surface area contributed by atoms with Crippen molar-refractivity contribution in [3.8, 4) is 18.1 Å². The topological polar surface area (TPSA) is 58.5 Å². The number of terminal acetylenes is 1. The molecular weight excluding hydrogens is 679 g/mol. The number of hydrogen-bond acceptors (Lipinski definition) is 6. The van der Waals surface area contributed by atoms with Gasteiger partial charge in [0.2, 0.25) is 5.90 Å². The summed E-state index contributed by atoms with van der Waals surface area (Å²) >= 11 is 0. The molecule has 0 bridgehead atoms. The monoisotopic (exact) mass is 750 g/mol. The Balaban J connectivity index is 0.00000122. The van der Waals surface area contributed by atoms with Crippen molar-refractivity contribution >= 4 is 16.2 Å². The van der Waals surface area contributed by atoms with Crippen molar-refractivity contribution in [2.75, 3.05) is 32.3 Å². The molecule has 7 heteroatoms. The van der Waals surface area contributed by atoms with Gasteiger partial charge in [-0.15, -0.1) is 6.42 Å². The maximum atomic E-state index is 6.48. The van der Waals surface area contributed by atoms with E-state index >= 15 is 0 Å². The predicted molar refractivity (Wildman–Crippen MR) is 230 cm³/mol. The van der Waals surface area contributed by atoms with Crippen LogP contribution in [-0.2, 0) is 25.6 Å². The summed E-state index contributed by atoms with van der Waals surface area (Å²) in [5.41, 5.74) is 3.98. The lowest BCUT2D eigenvalue weighted by atomic mass is 9.89. The van der Waals surface area contributed by atoms with Gasteiger partial charge in [0.05, 0.1) is 44.1 Å². The van der Waals surface area contributed by atoms with E-state index in [4.69, 9.17) is 29.6 Å². The quantitative estimate of drug-likeness (QED) is 0.0562. The zero-order chi connectivity index (χ0) is 39.9. The fourth-order valence-corrected chi connectivity index (χ4v) is 5.54. The second-order valence-electron chi connectivity index (χ2n) is 14.9. The molecule has 1 saturated heterocycles. The molecule has 2 aromatic carbocycles. The Morgan fingerprint density at radius 3 is 2.32 bits per heavy atom. The highest BCUT2D eigenvalue weighted by Gasteiger charge is 2.30. The van der Waals surface area contributed by atoms with Gasteiger partial charge in [-0.3, -0.25) is 0 Å². The summed E-state index contributed by atoms with van der Waals surface area (Å²) in [6.45, 7) is 29.8. The molecule has 296 valence electrons. The van der Waals surface area contributed by atoms with E-state index in [1.54, 1.807) is 12.3 Å². The van der Waals surface area contributed by atoms with Crippen molar-refractivity contribution in [2.45, 2.75) is 130 Å². The van der Waals surface area contributed by atoms with Gasteiger partial charge in [-0.2, -0.15) is 0 Å². The molecule has 3 rings (SSSR count). The standard InChI is InChI=1S/C37H51NO4S.C6H12O.C3H8/c1-12-34(35-25-33(20-19-28(35)3)42-43(10,11)37(7,8)9)29(4)21-23-38-36(13-2)41-30(5)22-24-39-26-31(6)40-27-32-17-15-14-16-18-32;1-6-4-2-3-5-7-6;1-3-2/h1,13-21,23,25,30-31,34H,2,4,22,24,26-27H2,3,5-11H3;6H,2-5H2,1H3;3H2,1-2H3/b23-21-,38-36?;;/t30-,31-,34?;;/m1../s1. The Morgan fingerprint density at radius 2 is 1.77 bits per heavy atom.